The largest absolute Gasteiger partial charge is 0.573 e. The second kappa shape index (κ2) is 3.80. The second-order valence-electron chi connectivity index (χ2n) is 2.75. The summed E-state index contributed by atoms with van der Waals surface area (Å²) in [5, 5.41) is 9.19. The summed E-state index contributed by atoms with van der Waals surface area (Å²) in [7, 11) is 0. The van der Waals surface area contributed by atoms with Gasteiger partial charge < -0.3 is 9.84 Å². The van der Waals surface area contributed by atoms with E-state index in [1.165, 1.54) is 0 Å². The molecule has 0 heterocycles. The van der Waals surface area contributed by atoms with E-state index < -0.39 is 29.2 Å². The van der Waals surface area contributed by atoms with Gasteiger partial charge in [0.2, 0.25) is 0 Å². The monoisotopic (exact) mass is 220 g/mol. The SMILES string of the molecule is CC(=O)c1c(O)cccc1OC(F)(F)F. The maximum absolute atomic E-state index is 11.9. The van der Waals surface area contributed by atoms with Crippen molar-refractivity contribution in [1.82, 2.24) is 0 Å². The molecule has 82 valence electrons. The summed E-state index contributed by atoms with van der Waals surface area (Å²) in [6, 6.07) is 3.23. The van der Waals surface area contributed by atoms with Crippen LogP contribution >= 0.6 is 0 Å². The van der Waals surface area contributed by atoms with E-state index in [2.05, 4.69) is 4.74 Å². The fourth-order valence-corrected chi connectivity index (χ4v) is 1.08. The molecule has 1 aromatic rings. The molecule has 0 atom stereocenters. The van der Waals surface area contributed by atoms with E-state index in [1.807, 2.05) is 0 Å². The number of rotatable bonds is 2. The van der Waals surface area contributed by atoms with Crippen LogP contribution in [-0.4, -0.2) is 17.3 Å². The van der Waals surface area contributed by atoms with Crippen LogP contribution in [0.4, 0.5) is 13.2 Å². The molecule has 0 fully saturated rings. The number of hydrogen-bond donors (Lipinski definition) is 1. The van der Waals surface area contributed by atoms with Crippen LogP contribution in [0.25, 0.3) is 0 Å². The van der Waals surface area contributed by atoms with Gasteiger partial charge in [0.25, 0.3) is 0 Å². The zero-order chi connectivity index (χ0) is 11.6. The molecule has 6 heteroatoms. The van der Waals surface area contributed by atoms with E-state index in [0.29, 0.717) is 0 Å². The molecule has 0 bridgehead atoms. The van der Waals surface area contributed by atoms with Crippen molar-refractivity contribution in [3.63, 3.8) is 0 Å². The van der Waals surface area contributed by atoms with Gasteiger partial charge in [-0.1, -0.05) is 6.07 Å². The average Bonchev–Trinajstić information content (AvgIpc) is 1.99. The molecule has 1 N–H and O–H groups in total. The lowest BCUT2D eigenvalue weighted by atomic mass is 10.1. The third-order valence-electron chi connectivity index (χ3n) is 1.58. The molecule has 0 aliphatic rings. The van der Waals surface area contributed by atoms with Gasteiger partial charge in [0.15, 0.2) is 5.78 Å². The molecular weight excluding hydrogens is 213 g/mol. The van der Waals surface area contributed by atoms with Gasteiger partial charge in [0, 0.05) is 0 Å². The first-order valence-corrected chi connectivity index (χ1v) is 3.90. The zero-order valence-electron chi connectivity index (χ0n) is 7.63. The Labute approximate surface area is 83.1 Å². The summed E-state index contributed by atoms with van der Waals surface area (Å²) < 4.78 is 39.3. The molecule has 0 saturated carbocycles. The van der Waals surface area contributed by atoms with Crippen molar-refractivity contribution in [2.45, 2.75) is 13.3 Å². The molecule has 0 saturated heterocycles. The number of alkyl halides is 3. The van der Waals surface area contributed by atoms with E-state index in [4.69, 9.17) is 0 Å². The minimum atomic E-state index is -4.89. The molecule has 3 nitrogen and oxygen atoms in total. The first-order valence-electron chi connectivity index (χ1n) is 3.90. The van der Waals surface area contributed by atoms with Gasteiger partial charge in [-0.25, -0.2) is 0 Å². The highest BCUT2D eigenvalue weighted by molar-refractivity contribution is 5.99. The highest BCUT2D eigenvalue weighted by atomic mass is 19.4. The normalized spacial score (nSPS) is 11.2. The first-order chi connectivity index (χ1) is 6.81. The van der Waals surface area contributed by atoms with E-state index in [0.717, 1.165) is 25.1 Å². The van der Waals surface area contributed by atoms with Crippen molar-refractivity contribution in [1.29, 1.82) is 0 Å². The lowest BCUT2D eigenvalue weighted by Gasteiger charge is -2.12. The van der Waals surface area contributed by atoms with Crippen LogP contribution in [-0.2, 0) is 0 Å². The van der Waals surface area contributed by atoms with Gasteiger partial charge in [0.05, 0.1) is 0 Å². The highest BCUT2D eigenvalue weighted by Gasteiger charge is 2.33. The topological polar surface area (TPSA) is 46.5 Å². The first kappa shape index (κ1) is 11.4. The number of Topliss-reactive ketones (excluding diaryl/α,β-unsaturated/α-hetero) is 1. The number of carbonyl (C=O) groups is 1. The number of ketones is 1. The van der Waals surface area contributed by atoms with Crippen molar-refractivity contribution in [3.8, 4) is 11.5 Å². The molecule has 0 spiro atoms. The maximum Gasteiger partial charge on any atom is 0.573 e. The third kappa shape index (κ3) is 2.87. The summed E-state index contributed by atoms with van der Waals surface area (Å²) in [6.07, 6.45) is -4.89. The number of benzene rings is 1. The summed E-state index contributed by atoms with van der Waals surface area (Å²) in [5.74, 6) is -1.94. The smallest absolute Gasteiger partial charge is 0.507 e. The number of halogens is 3. The third-order valence-corrected chi connectivity index (χ3v) is 1.58. The van der Waals surface area contributed by atoms with Crippen molar-refractivity contribution < 1.29 is 27.8 Å². The molecule has 15 heavy (non-hydrogen) atoms. The molecule has 0 aromatic heterocycles. The summed E-state index contributed by atoms with van der Waals surface area (Å²) in [6.45, 7) is 1.04. The molecular formula is C9H7F3O3. The minimum absolute atomic E-state index is 0.477. The fraction of sp³-hybridized carbons (Fsp3) is 0.222. The van der Waals surface area contributed by atoms with Gasteiger partial charge >= 0.3 is 6.36 Å². The Morgan fingerprint density at radius 1 is 1.40 bits per heavy atom. The predicted molar refractivity (Wildman–Crippen MR) is 44.8 cm³/mol. The number of ether oxygens (including phenoxy) is 1. The zero-order valence-corrected chi connectivity index (χ0v) is 7.63. The summed E-state index contributed by atoms with van der Waals surface area (Å²) >= 11 is 0. The van der Waals surface area contributed by atoms with Gasteiger partial charge in [-0.3, -0.25) is 4.79 Å². The molecule has 0 aliphatic heterocycles. The van der Waals surface area contributed by atoms with Crippen molar-refractivity contribution in [2.24, 2.45) is 0 Å². The highest BCUT2D eigenvalue weighted by Crippen LogP contribution is 2.31. The Hall–Kier alpha value is -1.72. The van der Waals surface area contributed by atoms with Gasteiger partial charge in [-0.05, 0) is 19.1 Å². The molecule has 0 amide bonds. The Balaban J connectivity index is 3.18. The van der Waals surface area contributed by atoms with E-state index >= 15 is 0 Å². The second-order valence-corrected chi connectivity index (χ2v) is 2.75. The number of aromatic hydroxyl groups is 1. The van der Waals surface area contributed by atoms with E-state index in [1.54, 1.807) is 0 Å². The van der Waals surface area contributed by atoms with Crippen LogP contribution in [0.5, 0.6) is 11.5 Å². The van der Waals surface area contributed by atoms with Crippen molar-refractivity contribution in [2.75, 3.05) is 0 Å². The molecule has 1 aromatic carbocycles. The van der Waals surface area contributed by atoms with E-state index in [-0.39, 0.29) is 0 Å². The van der Waals surface area contributed by atoms with Crippen LogP contribution in [0, 0.1) is 0 Å². The molecule has 0 unspecified atom stereocenters. The molecule has 0 radical (unpaired) electrons. The van der Waals surface area contributed by atoms with Crippen LogP contribution in [0.1, 0.15) is 17.3 Å². The lowest BCUT2D eigenvalue weighted by molar-refractivity contribution is -0.274. The van der Waals surface area contributed by atoms with Crippen LogP contribution < -0.4 is 4.74 Å². The maximum atomic E-state index is 11.9. The van der Waals surface area contributed by atoms with Crippen LogP contribution in [0.3, 0.4) is 0 Å². The Kier molecular flexibility index (Phi) is 2.88. The number of hydrogen-bond acceptors (Lipinski definition) is 3. The van der Waals surface area contributed by atoms with Crippen LogP contribution in [0.15, 0.2) is 18.2 Å². The minimum Gasteiger partial charge on any atom is -0.507 e. The summed E-state index contributed by atoms with van der Waals surface area (Å²) in [4.78, 5) is 11.0. The van der Waals surface area contributed by atoms with Crippen molar-refractivity contribution >= 4 is 5.78 Å². The number of phenolic OH excluding ortho intramolecular Hbond substituents is 1. The van der Waals surface area contributed by atoms with Gasteiger partial charge in [0.1, 0.15) is 17.1 Å². The summed E-state index contributed by atoms with van der Waals surface area (Å²) in [5.41, 5.74) is -0.477. The average molecular weight is 220 g/mol. The standard InChI is InChI=1S/C9H7F3O3/c1-5(13)8-6(14)3-2-4-7(8)15-9(10,11)12/h2-4,14H,1H3. The number of carbonyl (C=O) groups excluding carboxylic acids is 1. The van der Waals surface area contributed by atoms with Crippen molar-refractivity contribution in [3.05, 3.63) is 23.8 Å². The number of phenols is 1. The van der Waals surface area contributed by atoms with E-state index in [9.17, 15) is 23.1 Å². The van der Waals surface area contributed by atoms with Gasteiger partial charge in [-0.15, -0.1) is 13.2 Å². The lowest BCUT2D eigenvalue weighted by Crippen LogP contribution is -2.18. The molecule has 0 aliphatic carbocycles. The Morgan fingerprint density at radius 3 is 2.47 bits per heavy atom. The predicted octanol–water partition coefficient (Wildman–Crippen LogP) is 2.49. The van der Waals surface area contributed by atoms with Gasteiger partial charge in [-0.2, -0.15) is 0 Å². The quantitative estimate of drug-likeness (QED) is 0.779. The Bertz CT molecular complexity index is 385. The van der Waals surface area contributed by atoms with Crippen LogP contribution in [0.2, 0.25) is 0 Å². The fourth-order valence-electron chi connectivity index (χ4n) is 1.08. The molecule has 1 rings (SSSR count). The Morgan fingerprint density at radius 2 is 2.00 bits per heavy atom.